The molecule has 33 heavy (non-hydrogen) atoms. The van der Waals surface area contributed by atoms with Gasteiger partial charge in [-0.1, -0.05) is 0 Å². The molecule has 10 heteroatoms. The van der Waals surface area contributed by atoms with Gasteiger partial charge in [0, 0.05) is 55.4 Å². The van der Waals surface area contributed by atoms with Gasteiger partial charge in [0.1, 0.15) is 18.7 Å². The van der Waals surface area contributed by atoms with Crippen molar-refractivity contribution in [3.05, 3.63) is 53.6 Å². The fraction of sp³-hybridized carbons (Fsp3) is 0.391. The summed E-state index contributed by atoms with van der Waals surface area (Å²) in [6.45, 7) is 6.40. The van der Waals surface area contributed by atoms with Crippen LogP contribution in [0.25, 0.3) is 11.1 Å². The molecule has 0 saturated carbocycles. The summed E-state index contributed by atoms with van der Waals surface area (Å²) in [6.07, 6.45) is 2.52. The number of halogens is 1. The van der Waals surface area contributed by atoms with Gasteiger partial charge in [-0.3, -0.25) is 9.48 Å². The maximum Gasteiger partial charge on any atom is 0.276 e. The molecule has 3 aromatic rings. The van der Waals surface area contributed by atoms with E-state index in [9.17, 15) is 9.18 Å². The molecule has 0 unspecified atom stereocenters. The van der Waals surface area contributed by atoms with Gasteiger partial charge >= 0.3 is 0 Å². The van der Waals surface area contributed by atoms with Crippen molar-refractivity contribution in [2.45, 2.75) is 13.8 Å². The summed E-state index contributed by atoms with van der Waals surface area (Å²) < 4.78 is 26.4. The van der Waals surface area contributed by atoms with E-state index in [-0.39, 0.29) is 5.69 Å². The Morgan fingerprint density at radius 3 is 2.52 bits per heavy atom. The Morgan fingerprint density at radius 2 is 1.88 bits per heavy atom. The number of aromatic nitrogens is 4. The van der Waals surface area contributed by atoms with Crippen molar-refractivity contribution in [2.75, 3.05) is 45.8 Å². The lowest BCUT2D eigenvalue weighted by Gasteiger charge is -2.19. The topological polar surface area (TPSA) is 94.4 Å². The SMILES string of the molecule is COCCN(C)CCOc1ccc(NC(=O)c2c(F)cnn2C)cc1-c1c(C)ncnc1C. The van der Waals surface area contributed by atoms with Gasteiger partial charge in [-0.2, -0.15) is 5.10 Å². The molecule has 1 aromatic carbocycles. The molecule has 0 aliphatic carbocycles. The molecule has 2 heterocycles. The molecule has 0 fully saturated rings. The first-order valence-corrected chi connectivity index (χ1v) is 10.5. The van der Waals surface area contributed by atoms with Gasteiger partial charge in [0.15, 0.2) is 11.5 Å². The van der Waals surface area contributed by atoms with Crippen molar-refractivity contribution in [2.24, 2.45) is 7.05 Å². The zero-order valence-electron chi connectivity index (χ0n) is 19.6. The van der Waals surface area contributed by atoms with Crippen molar-refractivity contribution in [1.29, 1.82) is 0 Å². The minimum Gasteiger partial charge on any atom is -0.492 e. The van der Waals surface area contributed by atoms with E-state index in [4.69, 9.17) is 9.47 Å². The van der Waals surface area contributed by atoms with Crippen LogP contribution < -0.4 is 10.1 Å². The molecule has 0 saturated heterocycles. The number of likely N-dealkylation sites (N-methyl/N-ethyl adjacent to an activating group) is 1. The molecule has 1 N–H and O–H groups in total. The molecule has 2 aromatic heterocycles. The van der Waals surface area contributed by atoms with E-state index in [1.165, 1.54) is 18.1 Å². The van der Waals surface area contributed by atoms with Crippen molar-refractivity contribution in [3.63, 3.8) is 0 Å². The summed E-state index contributed by atoms with van der Waals surface area (Å²) in [5.74, 6) is -0.638. The maximum atomic E-state index is 14.0. The standard InChI is InChI=1S/C23H29FN6O3/c1-15-21(16(2)26-14-25-15)18-12-17(28-23(31)22-19(24)13-27-30(22)4)6-7-20(18)33-11-9-29(3)8-10-32-5/h6-7,12-14H,8-11H2,1-5H3,(H,28,31). The van der Waals surface area contributed by atoms with E-state index in [0.29, 0.717) is 31.2 Å². The molecular weight excluding hydrogens is 427 g/mol. The van der Waals surface area contributed by atoms with Gasteiger partial charge in [0.05, 0.1) is 12.8 Å². The van der Waals surface area contributed by atoms with Gasteiger partial charge in [0.25, 0.3) is 5.91 Å². The average Bonchev–Trinajstić information content (AvgIpc) is 3.11. The summed E-state index contributed by atoms with van der Waals surface area (Å²) in [5.41, 5.74) is 3.47. The van der Waals surface area contributed by atoms with Crippen LogP contribution in [0, 0.1) is 19.7 Å². The third-order valence-electron chi connectivity index (χ3n) is 5.25. The number of anilines is 1. The predicted octanol–water partition coefficient (Wildman–Crippen LogP) is 2.84. The fourth-order valence-corrected chi connectivity index (χ4v) is 3.44. The van der Waals surface area contributed by atoms with Crippen LogP contribution in [-0.2, 0) is 11.8 Å². The number of nitrogens with zero attached hydrogens (tertiary/aromatic N) is 5. The van der Waals surface area contributed by atoms with Crippen LogP contribution >= 0.6 is 0 Å². The second-order valence-corrected chi connectivity index (χ2v) is 7.69. The first-order valence-electron chi connectivity index (χ1n) is 10.5. The number of rotatable bonds is 10. The first kappa shape index (κ1) is 24.3. The highest BCUT2D eigenvalue weighted by Crippen LogP contribution is 2.35. The Morgan fingerprint density at radius 1 is 1.18 bits per heavy atom. The Hall–Kier alpha value is -3.37. The third-order valence-corrected chi connectivity index (χ3v) is 5.25. The minimum atomic E-state index is -0.684. The van der Waals surface area contributed by atoms with Crippen LogP contribution in [0.15, 0.2) is 30.7 Å². The fourth-order valence-electron chi connectivity index (χ4n) is 3.44. The van der Waals surface area contributed by atoms with E-state index in [0.717, 1.165) is 35.3 Å². The highest BCUT2D eigenvalue weighted by Gasteiger charge is 2.19. The molecule has 176 valence electrons. The molecule has 0 bridgehead atoms. The van der Waals surface area contributed by atoms with Crippen LogP contribution in [0.3, 0.4) is 0 Å². The van der Waals surface area contributed by atoms with Crippen molar-refractivity contribution >= 4 is 11.6 Å². The summed E-state index contributed by atoms with van der Waals surface area (Å²) >= 11 is 0. The summed E-state index contributed by atoms with van der Waals surface area (Å²) in [7, 11) is 5.18. The molecule has 0 atom stereocenters. The number of aryl methyl sites for hydroxylation is 3. The highest BCUT2D eigenvalue weighted by atomic mass is 19.1. The molecule has 0 aliphatic heterocycles. The predicted molar refractivity (Wildman–Crippen MR) is 123 cm³/mol. The summed E-state index contributed by atoms with van der Waals surface area (Å²) in [6, 6.07) is 5.29. The molecule has 1 amide bonds. The van der Waals surface area contributed by atoms with E-state index < -0.39 is 11.7 Å². The lowest BCUT2D eigenvalue weighted by Crippen LogP contribution is -2.27. The molecule has 0 spiro atoms. The Balaban J connectivity index is 1.88. The number of methoxy groups -OCH3 is 1. The van der Waals surface area contributed by atoms with E-state index in [2.05, 4.69) is 25.3 Å². The van der Waals surface area contributed by atoms with E-state index >= 15 is 0 Å². The van der Waals surface area contributed by atoms with Crippen LogP contribution in [0.5, 0.6) is 5.75 Å². The molecule has 9 nitrogen and oxygen atoms in total. The number of nitrogens with one attached hydrogen (secondary N) is 1. The largest absolute Gasteiger partial charge is 0.492 e. The molecule has 0 aliphatic rings. The number of ether oxygens (including phenoxy) is 2. The van der Waals surface area contributed by atoms with Crippen LogP contribution in [0.4, 0.5) is 10.1 Å². The van der Waals surface area contributed by atoms with Crippen LogP contribution in [0.2, 0.25) is 0 Å². The average molecular weight is 457 g/mol. The third kappa shape index (κ3) is 5.91. The van der Waals surface area contributed by atoms with Gasteiger partial charge in [-0.05, 0) is 39.1 Å². The van der Waals surface area contributed by atoms with Crippen molar-refractivity contribution < 1.29 is 18.7 Å². The second-order valence-electron chi connectivity index (χ2n) is 7.69. The first-order chi connectivity index (χ1) is 15.8. The molecular formula is C23H29FN6O3. The summed E-state index contributed by atoms with van der Waals surface area (Å²) in [5, 5.41) is 6.52. The number of hydrogen-bond donors (Lipinski definition) is 1. The Labute approximate surface area is 192 Å². The number of carbonyl (C=O) groups is 1. The van der Waals surface area contributed by atoms with E-state index in [1.807, 2.05) is 20.9 Å². The molecule has 0 radical (unpaired) electrons. The minimum absolute atomic E-state index is 0.147. The quantitative estimate of drug-likeness (QED) is 0.501. The lowest BCUT2D eigenvalue weighted by molar-refractivity contribution is 0.101. The zero-order chi connectivity index (χ0) is 24.0. The zero-order valence-corrected chi connectivity index (χ0v) is 19.6. The normalized spacial score (nSPS) is 11.1. The van der Waals surface area contributed by atoms with Gasteiger partial charge < -0.3 is 19.7 Å². The van der Waals surface area contributed by atoms with Gasteiger partial charge in [-0.25, -0.2) is 14.4 Å². The smallest absolute Gasteiger partial charge is 0.276 e. The van der Waals surface area contributed by atoms with Crippen molar-refractivity contribution in [3.8, 4) is 16.9 Å². The highest BCUT2D eigenvalue weighted by molar-refractivity contribution is 6.03. The molecule has 3 rings (SSSR count). The monoisotopic (exact) mass is 456 g/mol. The van der Waals surface area contributed by atoms with Gasteiger partial charge in [-0.15, -0.1) is 0 Å². The maximum absolute atomic E-state index is 14.0. The van der Waals surface area contributed by atoms with Crippen LogP contribution in [-0.4, -0.2) is 71.0 Å². The number of carbonyl (C=O) groups excluding carboxylic acids is 1. The second kappa shape index (κ2) is 11.0. The Kier molecular flexibility index (Phi) is 8.07. The lowest BCUT2D eigenvalue weighted by atomic mass is 10.0. The van der Waals surface area contributed by atoms with Crippen LogP contribution in [0.1, 0.15) is 21.9 Å². The van der Waals surface area contributed by atoms with Gasteiger partial charge in [0.2, 0.25) is 0 Å². The Bertz CT molecular complexity index is 1080. The number of benzene rings is 1. The van der Waals surface area contributed by atoms with E-state index in [1.54, 1.807) is 25.3 Å². The summed E-state index contributed by atoms with van der Waals surface area (Å²) in [4.78, 5) is 23.4. The van der Waals surface area contributed by atoms with Crippen molar-refractivity contribution in [1.82, 2.24) is 24.6 Å². The number of amides is 1. The number of hydrogen-bond acceptors (Lipinski definition) is 7.